The van der Waals surface area contributed by atoms with Crippen molar-refractivity contribution in [3.63, 3.8) is 0 Å². The third-order valence-electron chi connectivity index (χ3n) is 5.17. The van der Waals surface area contributed by atoms with Crippen LogP contribution in [0.4, 0.5) is 0 Å². The lowest BCUT2D eigenvalue weighted by Gasteiger charge is -2.18. The van der Waals surface area contributed by atoms with Gasteiger partial charge in [-0.3, -0.25) is 9.78 Å². The lowest BCUT2D eigenvalue weighted by molar-refractivity contribution is -0.129. The Kier molecular flexibility index (Phi) is 6.39. The average molecular weight is 344 g/mol. The van der Waals surface area contributed by atoms with Crippen molar-refractivity contribution in [3.05, 3.63) is 30.1 Å². The van der Waals surface area contributed by atoms with Crippen LogP contribution in [0.5, 0.6) is 0 Å². The number of carbonyl (C=O) groups excluding carboxylic acids is 1. The number of nitrogens with one attached hydrogen (secondary N) is 1. The summed E-state index contributed by atoms with van der Waals surface area (Å²) >= 11 is 0. The van der Waals surface area contributed by atoms with E-state index in [1.54, 1.807) is 6.20 Å². The summed E-state index contributed by atoms with van der Waals surface area (Å²) in [6.07, 6.45) is 7.25. The second-order valence-electron chi connectivity index (χ2n) is 7.00. The zero-order valence-corrected chi connectivity index (χ0v) is 15.0. The zero-order valence-electron chi connectivity index (χ0n) is 15.0. The molecule has 1 aromatic heterocycles. The van der Waals surface area contributed by atoms with Crippen molar-refractivity contribution in [2.24, 2.45) is 11.1 Å². The molecular formula is C19H28N4O2. The van der Waals surface area contributed by atoms with Crippen molar-refractivity contribution in [2.75, 3.05) is 19.6 Å². The van der Waals surface area contributed by atoms with Crippen LogP contribution in [0.15, 0.2) is 29.6 Å². The summed E-state index contributed by atoms with van der Waals surface area (Å²) in [6.45, 7) is 4.74. The highest BCUT2D eigenvalue weighted by Crippen LogP contribution is 2.27. The lowest BCUT2D eigenvalue weighted by Crippen LogP contribution is -2.39. The predicted octanol–water partition coefficient (Wildman–Crippen LogP) is 2.35. The van der Waals surface area contributed by atoms with E-state index in [4.69, 9.17) is 4.84 Å². The van der Waals surface area contributed by atoms with Crippen LogP contribution in [0.1, 0.15) is 44.7 Å². The van der Waals surface area contributed by atoms with Gasteiger partial charge >= 0.3 is 0 Å². The number of hydrogen-bond acceptors (Lipinski definition) is 5. The van der Waals surface area contributed by atoms with Gasteiger partial charge in [0.15, 0.2) is 6.61 Å². The van der Waals surface area contributed by atoms with E-state index in [9.17, 15) is 4.79 Å². The van der Waals surface area contributed by atoms with E-state index in [0.29, 0.717) is 25.1 Å². The third-order valence-corrected chi connectivity index (χ3v) is 5.17. The maximum Gasteiger partial charge on any atom is 0.236 e. The van der Waals surface area contributed by atoms with Gasteiger partial charge in [0.1, 0.15) is 0 Å². The first-order chi connectivity index (χ1) is 12.2. The Labute approximate surface area is 149 Å². The van der Waals surface area contributed by atoms with Gasteiger partial charge in [0.05, 0.1) is 18.0 Å². The van der Waals surface area contributed by atoms with Gasteiger partial charge in [-0.05, 0) is 51.2 Å². The Morgan fingerprint density at radius 2 is 2.20 bits per heavy atom. The molecule has 0 aromatic carbocycles. The molecule has 0 bridgehead atoms. The molecule has 1 N–H and O–H groups in total. The highest BCUT2D eigenvalue weighted by atomic mass is 16.6. The molecule has 2 atom stereocenters. The lowest BCUT2D eigenvalue weighted by atomic mass is 10.0. The highest BCUT2D eigenvalue weighted by molar-refractivity contribution is 5.84. The minimum atomic E-state index is 0.241. The highest BCUT2D eigenvalue weighted by Gasteiger charge is 2.28. The van der Waals surface area contributed by atoms with E-state index in [1.165, 1.54) is 0 Å². The van der Waals surface area contributed by atoms with Crippen LogP contribution in [-0.2, 0) is 16.2 Å². The van der Waals surface area contributed by atoms with Gasteiger partial charge in [0.25, 0.3) is 0 Å². The van der Waals surface area contributed by atoms with Crippen molar-refractivity contribution < 1.29 is 9.63 Å². The van der Waals surface area contributed by atoms with Gasteiger partial charge in [-0.15, -0.1) is 0 Å². The fourth-order valence-electron chi connectivity index (χ4n) is 3.61. The topological polar surface area (TPSA) is 66.8 Å². The molecule has 0 unspecified atom stereocenters. The molecule has 25 heavy (non-hydrogen) atoms. The number of pyridine rings is 1. The van der Waals surface area contributed by atoms with Gasteiger partial charge < -0.3 is 15.1 Å². The smallest absolute Gasteiger partial charge is 0.236 e. The molecular weight excluding hydrogens is 316 g/mol. The Morgan fingerprint density at radius 1 is 1.36 bits per heavy atom. The van der Waals surface area contributed by atoms with E-state index < -0.39 is 0 Å². The molecule has 1 saturated heterocycles. The molecule has 1 aromatic rings. The van der Waals surface area contributed by atoms with Crippen molar-refractivity contribution in [1.29, 1.82) is 0 Å². The number of carbonyl (C=O) groups is 1. The van der Waals surface area contributed by atoms with Gasteiger partial charge in [-0.2, -0.15) is 0 Å². The largest absolute Gasteiger partial charge is 0.389 e. The van der Waals surface area contributed by atoms with Crippen molar-refractivity contribution >= 4 is 11.6 Å². The average Bonchev–Trinajstić information content (AvgIpc) is 3.32. The molecule has 1 amide bonds. The molecule has 0 radical (unpaired) electrons. The minimum absolute atomic E-state index is 0.241. The molecule has 1 saturated carbocycles. The maximum absolute atomic E-state index is 12.1. The number of likely N-dealkylation sites (tertiary alicyclic amines) is 1. The first-order valence-corrected chi connectivity index (χ1v) is 9.30. The van der Waals surface area contributed by atoms with Gasteiger partial charge in [-0.25, -0.2) is 0 Å². The Bertz CT molecular complexity index is 584. The number of oxime groups is 1. The summed E-state index contributed by atoms with van der Waals surface area (Å²) in [4.78, 5) is 23.7. The number of amides is 1. The van der Waals surface area contributed by atoms with Crippen molar-refractivity contribution in [1.82, 2.24) is 15.2 Å². The Morgan fingerprint density at radius 3 is 2.96 bits per heavy atom. The molecule has 3 rings (SSSR count). The quantitative estimate of drug-likeness (QED) is 0.609. The standard InChI is InChI=1S/C19H28N4O2/c1-15(22-25-14-18-6-2-3-9-20-18)16-7-8-17(12-16)21-13-19(24)23-10-4-5-11-23/h2-3,6,9,16-17,21H,4-5,7-8,10-14H2,1H3/b22-15+/t16-,17+/m0/s1. The molecule has 6 nitrogen and oxygen atoms in total. The van der Waals surface area contributed by atoms with E-state index in [0.717, 1.165) is 56.6 Å². The summed E-state index contributed by atoms with van der Waals surface area (Å²) in [5.74, 6) is 0.674. The summed E-state index contributed by atoms with van der Waals surface area (Å²) in [7, 11) is 0. The first-order valence-electron chi connectivity index (χ1n) is 9.30. The van der Waals surface area contributed by atoms with Crippen molar-refractivity contribution in [2.45, 2.75) is 51.7 Å². The van der Waals surface area contributed by atoms with Crippen LogP contribution in [-0.4, -0.2) is 47.2 Å². The monoisotopic (exact) mass is 344 g/mol. The SMILES string of the molecule is C/C(=N\OCc1ccccn1)[C@H]1CC[C@@H](NCC(=O)N2CCCC2)C1. The van der Waals surface area contributed by atoms with Crippen LogP contribution in [0.2, 0.25) is 0 Å². The molecule has 136 valence electrons. The van der Waals surface area contributed by atoms with Gasteiger partial charge in [-0.1, -0.05) is 11.2 Å². The fourth-order valence-corrected chi connectivity index (χ4v) is 3.61. The second kappa shape index (κ2) is 8.94. The van der Waals surface area contributed by atoms with E-state index >= 15 is 0 Å². The number of rotatable bonds is 7. The van der Waals surface area contributed by atoms with E-state index in [2.05, 4.69) is 15.5 Å². The summed E-state index contributed by atoms with van der Waals surface area (Å²) in [6, 6.07) is 6.16. The zero-order chi connectivity index (χ0) is 17.5. The van der Waals surface area contributed by atoms with Crippen LogP contribution in [0, 0.1) is 5.92 Å². The third kappa shape index (κ3) is 5.26. The molecule has 2 aliphatic rings. The normalized spacial score (nSPS) is 23.9. The number of hydrogen-bond donors (Lipinski definition) is 1. The number of aromatic nitrogens is 1. The van der Waals surface area contributed by atoms with Gasteiger partial charge in [0, 0.05) is 31.2 Å². The van der Waals surface area contributed by atoms with Gasteiger partial charge in [0.2, 0.25) is 5.91 Å². The van der Waals surface area contributed by atoms with Crippen molar-refractivity contribution in [3.8, 4) is 0 Å². The molecule has 1 aliphatic heterocycles. The maximum atomic E-state index is 12.1. The summed E-state index contributed by atoms with van der Waals surface area (Å²) in [5, 5.41) is 7.70. The predicted molar refractivity (Wildman–Crippen MR) is 97.1 cm³/mol. The first kappa shape index (κ1) is 17.9. The molecule has 1 aliphatic carbocycles. The van der Waals surface area contributed by atoms with E-state index in [-0.39, 0.29) is 5.91 Å². The van der Waals surface area contributed by atoms with Crippen LogP contribution in [0.3, 0.4) is 0 Å². The summed E-state index contributed by atoms with van der Waals surface area (Å²) < 4.78 is 0. The second-order valence-corrected chi connectivity index (χ2v) is 7.00. The minimum Gasteiger partial charge on any atom is -0.389 e. The van der Waals surface area contributed by atoms with Crippen LogP contribution < -0.4 is 5.32 Å². The molecule has 2 fully saturated rings. The molecule has 2 heterocycles. The number of nitrogens with zero attached hydrogens (tertiary/aromatic N) is 3. The Balaban J connectivity index is 1.37. The van der Waals surface area contributed by atoms with Crippen LogP contribution in [0.25, 0.3) is 0 Å². The fraction of sp³-hybridized carbons (Fsp3) is 0.632. The molecule has 6 heteroatoms. The summed E-state index contributed by atoms with van der Waals surface area (Å²) in [5.41, 5.74) is 1.91. The van der Waals surface area contributed by atoms with Crippen LogP contribution >= 0.6 is 0 Å². The molecule has 0 spiro atoms. The van der Waals surface area contributed by atoms with E-state index in [1.807, 2.05) is 30.0 Å². The Hall–Kier alpha value is -1.95.